The number of hydrogen-bond donors (Lipinski definition) is 3. The van der Waals surface area contributed by atoms with Crippen LogP contribution in [0.25, 0.3) is 0 Å². The molecule has 0 saturated carbocycles. The van der Waals surface area contributed by atoms with Crippen molar-refractivity contribution in [3.05, 3.63) is 70.9 Å². The number of anilines is 1. The molecule has 3 N–H and O–H groups in total. The summed E-state index contributed by atoms with van der Waals surface area (Å²) in [6, 6.07) is 15.0. The van der Waals surface area contributed by atoms with Gasteiger partial charge in [-0.2, -0.15) is 0 Å². The Labute approximate surface area is 164 Å². The number of allylic oxidation sites excluding steroid dienone is 1. The summed E-state index contributed by atoms with van der Waals surface area (Å²) < 4.78 is 5.76. The van der Waals surface area contributed by atoms with Crippen molar-refractivity contribution >= 4 is 28.9 Å². The number of ether oxygens (including phenoxy) is 1. The largest absolute Gasteiger partial charge is 0.494 e. The Morgan fingerprint density at radius 3 is 2.56 bits per heavy atom. The number of aryl methyl sites for hydroxylation is 1. The zero-order chi connectivity index (χ0) is 19.4. The van der Waals surface area contributed by atoms with Gasteiger partial charge in [0.05, 0.1) is 18.2 Å². The summed E-state index contributed by atoms with van der Waals surface area (Å²) in [4.78, 5) is 13.1. The van der Waals surface area contributed by atoms with E-state index in [1.165, 1.54) is 0 Å². The van der Waals surface area contributed by atoms with Crippen molar-refractivity contribution < 1.29 is 9.53 Å². The van der Waals surface area contributed by atoms with Crippen molar-refractivity contribution in [2.45, 2.75) is 26.8 Å². The predicted octanol–water partition coefficient (Wildman–Crippen LogP) is 3.83. The monoisotopic (exact) mass is 381 g/mol. The summed E-state index contributed by atoms with van der Waals surface area (Å²) in [5.74, 6) is 0.547. The van der Waals surface area contributed by atoms with Gasteiger partial charge >= 0.3 is 0 Å². The van der Waals surface area contributed by atoms with E-state index in [4.69, 9.17) is 17.0 Å². The van der Waals surface area contributed by atoms with Crippen molar-refractivity contribution in [2.75, 3.05) is 11.9 Å². The lowest BCUT2D eigenvalue weighted by Crippen LogP contribution is -2.45. The van der Waals surface area contributed by atoms with E-state index in [0.29, 0.717) is 17.3 Å². The van der Waals surface area contributed by atoms with E-state index in [2.05, 4.69) is 16.0 Å². The van der Waals surface area contributed by atoms with Crippen LogP contribution in [0.3, 0.4) is 0 Å². The molecule has 1 aliphatic rings. The Balaban J connectivity index is 1.97. The molecular formula is C21H23N3O2S. The van der Waals surface area contributed by atoms with E-state index in [0.717, 1.165) is 28.3 Å². The zero-order valence-corrected chi connectivity index (χ0v) is 16.4. The minimum Gasteiger partial charge on any atom is -0.494 e. The summed E-state index contributed by atoms with van der Waals surface area (Å²) in [5, 5.41) is 9.72. The first-order valence-electron chi connectivity index (χ1n) is 8.87. The van der Waals surface area contributed by atoms with Crippen LogP contribution in [0.2, 0.25) is 0 Å². The molecule has 0 spiro atoms. The van der Waals surface area contributed by atoms with E-state index in [1.54, 1.807) is 0 Å². The molecule has 5 nitrogen and oxygen atoms in total. The second kappa shape index (κ2) is 8.22. The Hall–Kier alpha value is -2.86. The fourth-order valence-electron chi connectivity index (χ4n) is 3.07. The highest BCUT2D eigenvalue weighted by molar-refractivity contribution is 7.80. The lowest BCUT2D eigenvalue weighted by Gasteiger charge is -2.31. The van der Waals surface area contributed by atoms with Crippen LogP contribution in [-0.2, 0) is 4.79 Å². The summed E-state index contributed by atoms with van der Waals surface area (Å²) in [5.41, 5.74) is 4.06. The minimum atomic E-state index is -0.396. The highest BCUT2D eigenvalue weighted by Gasteiger charge is 2.31. The number of carbonyl (C=O) groups is 1. The number of para-hydroxylation sites is 1. The Kier molecular flexibility index (Phi) is 5.76. The SMILES string of the molecule is CCOc1ccccc1C1NC(=S)NC(C)=C1C(=O)Nc1ccc(C)cc1. The normalized spacial score (nSPS) is 16.4. The first kappa shape index (κ1) is 18.9. The Bertz CT molecular complexity index is 891. The van der Waals surface area contributed by atoms with E-state index in [9.17, 15) is 4.79 Å². The van der Waals surface area contributed by atoms with Crippen molar-refractivity contribution in [1.82, 2.24) is 10.6 Å². The number of amides is 1. The van der Waals surface area contributed by atoms with E-state index >= 15 is 0 Å². The maximum Gasteiger partial charge on any atom is 0.255 e. The molecule has 0 aliphatic carbocycles. The van der Waals surface area contributed by atoms with Gasteiger partial charge in [-0.05, 0) is 51.2 Å². The van der Waals surface area contributed by atoms with Gasteiger partial charge in [-0.3, -0.25) is 4.79 Å². The summed E-state index contributed by atoms with van der Waals surface area (Å²) in [7, 11) is 0. The molecule has 2 aromatic rings. The first-order chi connectivity index (χ1) is 13.0. The number of thiocarbonyl (C=S) groups is 1. The van der Waals surface area contributed by atoms with Crippen molar-refractivity contribution in [3.8, 4) is 5.75 Å². The molecule has 1 atom stereocenters. The van der Waals surface area contributed by atoms with Gasteiger partial charge in [0.15, 0.2) is 5.11 Å². The first-order valence-corrected chi connectivity index (χ1v) is 9.28. The molecular weight excluding hydrogens is 358 g/mol. The van der Waals surface area contributed by atoms with E-state index in [1.807, 2.05) is 69.3 Å². The molecule has 6 heteroatoms. The van der Waals surface area contributed by atoms with Crippen LogP contribution in [0.15, 0.2) is 59.8 Å². The molecule has 140 valence electrons. The maximum atomic E-state index is 13.1. The van der Waals surface area contributed by atoms with Crippen molar-refractivity contribution in [2.24, 2.45) is 0 Å². The summed E-state index contributed by atoms with van der Waals surface area (Å²) >= 11 is 5.32. The number of hydrogen-bond acceptors (Lipinski definition) is 3. The van der Waals surface area contributed by atoms with Crippen molar-refractivity contribution in [3.63, 3.8) is 0 Å². The molecule has 0 radical (unpaired) electrons. The van der Waals surface area contributed by atoms with Gasteiger partial charge in [0.2, 0.25) is 0 Å². The standard InChI is InChI=1S/C21H23N3O2S/c1-4-26-17-8-6-5-7-16(17)19-18(14(3)22-21(27)24-19)20(25)23-15-11-9-13(2)10-12-15/h5-12,19H,4H2,1-3H3,(H,23,25)(H2,22,24,27). The third-order valence-corrected chi connectivity index (χ3v) is 4.57. The molecule has 1 aliphatic heterocycles. The van der Waals surface area contributed by atoms with E-state index < -0.39 is 6.04 Å². The fraction of sp³-hybridized carbons (Fsp3) is 0.238. The molecule has 2 aromatic carbocycles. The summed E-state index contributed by atoms with van der Waals surface area (Å²) in [6.45, 7) is 6.34. The molecule has 0 bridgehead atoms. The minimum absolute atomic E-state index is 0.185. The van der Waals surface area contributed by atoms with Crippen LogP contribution in [0, 0.1) is 6.92 Å². The van der Waals surface area contributed by atoms with Crippen LogP contribution in [-0.4, -0.2) is 17.6 Å². The third kappa shape index (κ3) is 4.28. The summed E-state index contributed by atoms with van der Waals surface area (Å²) in [6.07, 6.45) is 0. The second-order valence-electron chi connectivity index (χ2n) is 6.36. The maximum absolute atomic E-state index is 13.1. The molecule has 1 unspecified atom stereocenters. The molecule has 3 rings (SSSR count). The fourth-order valence-corrected chi connectivity index (χ4v) is 3.34. The molecule has 1 heterocycles. The highest BCUT2D eigenvalue weighted by atomic mass is 32.1. The topological polar surface area (TPSA) is 62.4 Å². The van der Waals surface area contributed by atoms with E-state index in [-0.39, 0.29) is 5.91 Å². The van der Waals surface area contributed by atoms with Gasteiger partial charge in [0, 0.05) is 16.9 Å². The quantitative estimate of drug-likeness (QED) is 0.687. The molecule has 27 heavy (non-hydrogen) atoms. The zero-order valence-electron chi connectivity index (χ0n) is 15.6. The number of carbonyl (C=O) groups excluding carboxylic acids is 1. The van der Waals surface area contributed by atoms with Crippen LogP contribution >= 0.6 is 12.2 Å². The lowest BCUT2D eigenvalue weighted by atomic mass is 9.94. The number of nitrogens with one attached hydrogen (secondary N) is 3. The number of benzene rings is 2. The molecule has 1 amide bonds. The average Bonchev–Trinajstić information content (AvgIpc) is 2.63. The second-order valence-corrected chi connectivity index (χ2v) is 6.77. The molecule has 0 aromatic heterocycles. The van der Waals surface area contributed by atoms with Crippen LogP contribution in [0.4, 0.5) is 5.69 Å². The Morgan fingerprint density at radius 1 is 1.15 bits per heavy atom. The van der Waals surface area contributed by atoms with Crippen molar-refractivity contribution in [1.29, 1.82) is 0 Å². The predicted molar refractivity (Wildman–Crippen MR) is 112 cm³/mol. The van der Waals surface area contributed by atoms with Gasteiger partial charge in [-0.1, -0.05) is 35.9 Å². The van der Waals surface area contributed by atoms with Gasteiger partial charge < -0.3 is 20.7 Å². The van der Waals surface area contributed by atoms with Gasteiger partial charge in [-0.15, -0.1) is 0 Å². The van der Waals surface area contributed by atoms with Gasteiger partial charge in [0.25, 0.3) is 5.91 Å². The molecule has 0 fully saturated rings. The van der Waals surface area contributed by atoms with Crippen LogP contribution in [0.1, 0.15) is 31.0 Å². The van der Waals surface area contributed by atoms with Gasteiger partial charge in [-0.25, -0.2) is 0 Å². The average molecular weight is 382 g/mol. The highest BCUT2D eigenvalue weighted by Crippen LogP contribution is 2.33. The third-order valence-electron chi connectivity index (χ3n) is 4.35. The smallest absolute Gasteiger partial charge is 0.255 e. The van der Waals surface area contributed by atoms with Gasteiger partial charge in [0.1, 0.15) is 5.75 Å². The Morgan fingerprint density at radius 2 is 1.85 bits per heavy atom. The molecule has 0 saturated heterocycles. The van der Waals surface area contributed by atoms with Crippen LogP contribution < -0.4 is 20.7 Å². The lowest BCUT2D eigenvalue weighted by molar-refractivity contribution is -0.113. The number of rotatable bonds is 5. The van der Waals surface area contributed by atoms with Crippen LogP contribution in [0.5, 0.6) is 5.75 Å².